The van der Waals surface area contributed by atoms with Crippen molar-refractivity contribution in [2.45, 2.75) is 37.8 Å². The van der Waals surface area contributed by atoms with Crippen molar-refractivity contribution in [1.29, 1.82) is 0 Å². The lowest BCUT2D eigenvalue weighted by molar-refractivity contribution is 0.331. The molecule has 3 nitrogen and oxygen atoms in total. The van der Waals surface area contributed by atoms with E-state index in [2.05, 4.69) is 5.32 Å². The minimum absolute atomic E-state index is 0.357. The van der Waals surface area contributed by atoms with Gasteiger partial charge in [-0.3, -0.25) is 0 Å². The molecule has 3 heteroatoms. The molecule has 1 aliphatic carbocycles. The summed E-state index contributed by atoms with van der Waals surface area (Å²) in [7, 11) is 0. The molecule has 5 N–H and O–H groups in total. The lowest BCUT2D eigenvalue weighted by Crippen LogP contribution is -2.48. The molecule has 66 valence electrons. The van der Waals surface area contributed by atoms with Crippen LogP contribution < -0.4 is 16.8 Å². The van der Waals surface area contributed by atoms with Crippen LogP contribution >= 0.6 is 0 Å². The predicted molar refractivity (Wildman–Crippen MR) is 47.3 cm³/mol. The molecular weight excluding hydrogens is 138 g/mol. The molecule has 0 aliphatic heterocycles. The van der Waals surface area contributed by atoms with Crippen molar-refractivity contribution in [3.63, 3.8) is 0 Å². The highest BCUT2D eigenvalue weighted by molar-refractivity contribution is 4.83. The highest BCUT2D eigenvalue weighted by Gasteiger charge is 2.20. The van der Waals surface area contributed by atoms with Crippen LogP contribution in [0.3, 0.4) is 0 Å². The van der Waals surface area contributed by atoms with Gasteiger partial charge >= 0.3 is 0 Å². The largest absolute Gasteiger partial charge is 0.329 e. The van der Waals surface area contributed by atoms with Crippen molar-refractivity contribution in [2.75, 3.05) is 13.1 Å². The van der Waals surface area contributed by atoms with Crippen LogP contribution in [-0.4, -0.2) is 25.2 Å². The van der Waals surface area contributed by atoms with Crippen molar-refractivity contribution in [3.05, 3.63) is 0 Å². The van der Waals surface area contributed by atoms with E-state index in [9.17, 15) is 0 Å². The van der Waals surface area contributed by atoms with E-state index in [1.54, 1.807) is 0 Å². The first kappa shape index (κ1) is 8.97. The Bertz CT molecular complexity index is 106. The van der Waals surface area contributed by atoms with Crippen LogP contribution in [0.2, 0.25) is 0 Å². The zero-order valence-corrected chi connectivity index (χ0v) is 7.05. The second-order valence-electron chi connectivity index (χ2n) is 3.30. The summed E-state index contributed by atoms with van der Waals surface area (Å²) in [6.45, 7) is 1.61. The second-order valence-corrected chi connectivity index (χ2v) is 3.30. The van der Waals surface area contributed by atoms with Gasteiger partial charge in [0, 0.05) is 25.2 Å². The summed E-state index contributed by atoms with van der Waals surface area (Å²) >= 11 is 0. The monoisotopic (exact) mass is 157 g/mol. The van der Waals surface area contributed by atoms with Crippen molar-refractivity contribution in [3.8, 4) is 0 Å². The summed E-state index contributed by atoms with van der Waals surface area (Å²) < 4.78 is 0. The number of nitrogens with two attached hydrogens (primary N) is 2. The Hall–Kier alpha value is -0.120. The van der Waals surface area contributed by atoms with Gasteiger partial charge in [-0.15, -0.1) is 0 Å². The predicted octanol–water partition coefficient (Wildman–Crippen LogP) is -0.195. The molecule has 1 fully saturated rings. The third-order valence-electron chi connectivity index (χ3n) is 2.37. The Balaban J connectivity index is 2.18. The summed E-state index contributed by atoms with van der Waals surface area (Å²) in [5, 5.41) is 3.37. The van der Waals surface area contributed by atoms with E-state index in [1.807, 2.05) is 0 Å². The third-order valence-corrected chi connectivity index (χ3v) is 2.37. The van der Waals surface area contributed by atoms with Gasteiger partial charge in [0.05, 0.1) is 0 Å². The molecule has 0 bridgehead atoms. The van der Waals surface area contributed by atoms with E-state index < -0.39 is 0 Å². The zero-order valence-electron chi connectivity index (χ0n) is 7.05. The maximum absolute atomic E-state index is 5.92. The fourth-order valence-corrected chi connectivity index (χ4v) is 1.68. The molecule has 1 saturated carbocycles. The van der Waals surface area contributed by atoms with Gasteiger partial charge in [-0.05, 0) is 12.8 Å². The van der Waals surface area contributed by atoms with Crippen LogP contribution in [-0.2, 0) is 0 Å². The molecule has 1 rings (SSSR count). The average molecular weight is 157 g/mol. The van der Waals surface area contributed by atoms with Crippen molar-refractivity contribution in [2.24, 2.45) is 11.5 Å². The van der Waals surface area contributed by atoms with Crippen LogP contribution in [0.5, 0.6) is 0 Å². The Morgan fingerprint density at radius 3 is 2.64 bits per heavy atom. The quantitative estimate of drug-likeness (QED) is 0.532. The maximum atomic E-state index is 5.92. The van der Waals surface area contributed by atoms with Crippen molar-refractivity contribution in [1.82, 2.24) is 5.32 Å². The molecule has 0 saturated heterocycles. The minimum atomic E-state index is 0.357. The maximum Gasteiger partial charge on any atom is 0.0219 e. The summed E-state index contributed by atoms with van der Waals surface area (Å²) in [5.41, 5.74) is 11.3. The van der Waals surface area contributed by atoms with Gasteiger partial charge in [-0.2, -0.15) is 0 Å². The molecule has 0 amide bonds. The molecule has 0 aromatic heterocycles. The van der Waals surface area contributed by atoms with Gasteiger partial charge in [0.1, 0.15) is 0 Å². The fourth-order valence-electron chi connectivity index (χ4n) is 1.68. The van der Waals surface area contributed by atoms with E-state index in [4.69, 9.17) is 11.5 Å². The molecule has 0 aromatic carbocycles. The number of hydrogen-bond donors (Lipinski definition) is 3. The first-order valence-electron chi connectivity index (χ1n) is 4.53. The summed E-state index contributed by atoms with van der Waals surface area (Å²) in [6, 6.07) is 0.877. The molecule has 0 unspecified atom stereocenters. The molecule has 0 radical (unpaired) electrons. The Morgan fingerprint density at radius 2 is 2.00 bits per heavy atom. The standard InChI is InChI=1S/C8H19N3/c9-5-6-11-8-4-2-1-3-7(8)10/h7-8,11H,1-6,9-10H2/t7-,8-/m1/s1. The van der Waals surface area contributed by atoms with Crippen LogP contribution in [0.25, 0.3) is 0 Å². The van der Waals surface area contributed by atoms with Gasteiger partial charge < -0.3 is 16.8 Å². The van der Waals surface area contributed by atoms with E-state index in [0.717, 1.165) is 6.54 Å². The van der Waals surface area contributed by atoms with Crippen LogP contribution in [0.4, 0.5) is 0 Å². The molecule has 1 aliphatic rings. The van der Waals surface area contributed by atoms with Crippen LogP contribution in [0.15, 0.2) is 0 Å². The van der Waals surface area contributed by atoms with Crippen LogP contribution in [0, 0.1) is 0 Å². The molecule has 0 spiro atoms. The van der Waals surface area contributed by atoms with E-state index in [-0.39, 0.29) is 0 Å². The normalized spacial score (nSPS) is 32.2. The topological polar surface area (TPSA) is 64.1 Å². The SMILES string of the molecule is NCCN[C@@H]1CCCC[C@H]1N. The van der Waals surface area contributed by atoms with Crippen molar-refractivity contribution >= 4 is 0 Å². The van der Waals surface area contributed by atoms with E-state index in [0.29, 0.717) is 18.6 Å². The lowest BCUT2D eigenvalue weighted by atomic mass is 9.91. The minimum Gasteiger partial charge on any atom is -0.329 e. The van der Waals surface area contributed by atoms with Gasteiger partial charge in [0.25, 0.3) is 0 Å². The van der Waals surface area contributed by atoms with Crippen molar-refractivity contribution < 1.29 is 0 Å². The van der Waals surface area contributed by atoms with Gasteiger partial charge in [-0.25, -0.2) is 0 Å². The fraction of sp³-hybridized carbons (Fsp3) is 1.00. The smallest absolute Gasteiger partial charge is 0.0219 e. The van der Waals surface area contributed by atoms with E-state index >= 15 is 0 Å². The Labute approximate surface area is 68.5 Å². The van der Waals surface area contributed by atoms with Crippen LogP contribution in [0.1, 0.15) is 25.7 Å². The Kier molecular flexibility index (Phi) is 3.83. The van der Waals surface area contributed by atoms with Gasteiger partial charge in [0.15, 0.2) is 0 Å². The van der Waals surface area contributed by atoms with Gasteiger partial charge in [-0.1, -0.05) is 12.8 Å². The number of rotatable bonds is 3. The highest BCUT2D eigenvalue weighted by Crippen LogP contribution is 2.16. The third kappa shape index (κ3) is 2.77. The first-order valence-corrected chi connectivity index (χ1v) is 4.53. The molecule has 11 heavy (non-hydrogen) atoms. The summed E-state index contributed by atoms with van der Waals surface area (Å²) in [4.78, 5) is 0. The zero-order chi connectivity index (χ0) is 8.10. The average Bonchev–Trinajstić information content (AvgIpc) is 2.03. The molecular formula is C8H19N3. The molecule has 0 heterocycles. The first-order chi connectivity index (χ1) is 5.34. The second kappa shape index (κ2) is 4.70. The Morgan fingerprint density at radius 1 is 1.27 bits per heavy atom. The van der Waals surface area contributed by atoms with Gasteiger partial charge in [0.2, 0.25) is 0 Å². The number of hydrogen-bond acceptors (Lipinski definition) is 3. The summed E-state index contributed by atoms with van der Waals surface area (Å²) in [5.74, 6) is 0. The molecule has 2 atom stereocenters. The number of nitrogens with one attached hydrogen (secondary N) is 1. The summed E-state index contributed by atoms with van der Waals surface area (Å²) in [6.07, 6.45) is 5.00. The lowest BCUT2D eigenvalue weighted by Gasteiger charge is -2.29. The highest BCUT2D eigenvalue weighted by atomic mass is 15.0. The van der Waals surface area contributed by atoms with E-state index in [1.165, 1.54) is 25.7 Å². The molecule has 0 aromatic rings.